The van der Waals surface area contributed by atoms with E-state index in [1.807, 2.05) is 24.3 Å². The molecule has 1 aromatic heterocycles. The molecule has 1 aliphatic rings. The number of fused-ring (bicyclic) bond motifs is 1. The molecule has 0 saturated carbocycles. The SMILES string of the molecule is CCCCCOc1nc(N2CCN(CCC)CC2)nc2ccccc12.O=C(O)/C=C/C(=O)O. The van der Waals surface area contributed by atoms with Crippen LogP contribution >= 0.6 is 0 Å². The van der Waals surface area contributed by atoms with Gasteiger partial charge in [-0.2, -0.15) is 4.98 Å². The van der Waals surface area contributed by atoms with Crippen molar-refractivity contribution in [2.75, 3.05) is 44.2 Å². The Kier molecular flexibility index (Phi) is 11.1. The van der Waals surface area contributed by atoms with E-state index in [0.29, 0.717) is 12.2 Å². The Labute approximate surface area is 194 Å². The second kappa shape index (κ2) is 14.1. The van der Waals surface area contributed by atoms with Crippen LogP contribution in [0.3, 0.4) is 0 Å². The molecule has 2 aromatic rings. The second-order valence-electron chi connectivity index (χ2n) is 7.74. The zero-order valence-corrected chi connectivity index (χ0v) is 19.4. The first kappa shape index (κ1) is 26.1. The van der Waals surface area contributed by atoms with Gasteiger partial charge in [-0.15, -0.1) is 0 Å². The Morgan fingerprint density at radius 3 is 2.24 bits per heavy atom. The number of hydrogen-bond acceptors (Lipinski definition) is 7. The molecule has 2 heterocycles. The highest BCUT2D eigenvalue weighted by atomic mass is 16.5. The molecule has 33 heavy (non-hydrogen) atoms. The molecular formula is C24H34N4O5. The summed E-state index contributed by atoms with van der Waals surface area (Å²) >= 11 is 0. The first-order valence-corrected chi connectivity index (χ1v) is 11.4. The van der Waals surface area contributed by atoms with Crippen molar-refractivity contribution in [1.82, 2.24) is 14.9 Å². The van der Waals surface area contributed by atoms with Crippen molar-refractivity contribution >= 4 is 28.8 Å². The van der Waals surface area contributed by atoms with Crippen molar-refractivity contribution in [2.45, 2.75) is 39.5 Å². The molecule has 3 rings (SSSR count). The van der Waals surface area contributed by atoms with Gasteiger partial charge < -0.3 is 19.8 Å². The monoisotopic (exact) mass is 458 g/mol. The second-order valence-corrected chi connectivity index (χ2v) is 7.74. The average Bonchev–Trinajstić information content (AvgIpc) is 2.81. The van der Waals surface area contributed by atoms with E-state index >= 15 is 0 Å². The minimum absolute atomic E-state index is 0.558. The number of para-hydroxylation sites is 1. The first-order valence-electron chi connectivity index (χ1n) is 11.4. The van der Waals surface area contributed by atoms with E-state index in [0.717, 1.165) is 61.9 Å². The van der Waals surface area contributed by atoms with Crippen molar-refractivity contribution in [3.63, 3.8) is 0 Å². The Bertz CT molecular complexity index is 910. The molecule has 0 amide bonds. The number of nitrogens with zero attached hydrogens (tertiary/aromatic N) is 4. The number of carboxylic acids is 2. The highest BCUT2D eigenvalue weighted by molar-refractivity contribution is 5.89. The molecule has 0 unspecified atom stereocenters. The molecule has 0 bridgehead atoms. The van der Waals surface area contributed by atoms with Crippen LogP contribution in [0.5, 0.6) is 5.88 Å². The topological polar surface area (TPSA) is 116 Å². The third-order valence-electron chi connectivity index (χ3n) is 5.11. The summed E-state index contributed by atoms with van der Waals surface area (Å²) in [4.78, 5) is 33.5. The molecule has 0 aliphatic carbocycles. The van der Waals surface area contributed by atoms with Gasteiger partial charge in [-0.25, -0.2) is 14.6 Å². The number of rotatable bonds is 10. The van der Waals surface area contributed by atoms with Gasteiger partial charge in [0.15, 0.2) is 0 Å². The molecule has 1 fully saturated rings. The zero-order valence-electron chi connectivity index (χ0n) is 19.4. The number of anilines is 1. The van der Waals surface area contributed by atoms with Crippen LogP contribution in [0.15, 0.2) is 36.4 Å². The average molecular weight is 459 g/mol. The summed E-state index contributed by atoms with van der Waals surface area (Å²) in [5.74, 6) is -0.979. The maximum absolute atomic E-state index is 9.55. The molecule has 9 nitrogen and oxygen atoms in total. The standard InChI is InChI=1S/C20H30N4O.C4H4O4/c1-3-5-8-16-25-19-17-9-6-7-10-18(17)21-20(22-19)24-14-12-23(11-4-2)13-15-24;5-3(6)1-2-4(7)8/h6-7,9-10H,3-5,8,11-16H2,1-2H3;1-2H,(H,5,6)(H,7,8)/b;2-1+. The number of ether oxygens (including phenoxy) is 1. The Hall–Kier alpha value is -3.20. The maximum Gasteiger partial charge on any atom is 0.328 e. The summed E-state index contributed by atoms with van der Waals surface area (Å²) in [5.41, 5.74) is 0.967. The summed E-state index contributed by atoms with van der Waals surface area (Å²) in [5, 5.41) is 16.6. The number of aliphatic carboxylic acids is 2. The van der Waals surface area contributed by atoms with Crippen molar-refractivity contribution in [3.05, 3.63) is 36.4 Å². The van der Waals surface area contributed by atoms with Crippen LogP contribution < -0.4 is 9.64 Å². The van der Waals surface area contributed by atoms with Gasteiger partial charge >= 0.3 is 11.9 Å². The minimum atomic E-state index is -1.26. The van der Waals surface area contributed by atoms with Crippen LogP contribution in [-0.4, -0.2) is 76.4 Å². The molecule has 2 N–H and O–H groups in total. The fourth-order valence-electron chi connectivity index (χ4n) is 3.44. The van der Waals surface area contributed by atoms with Crippen LogP contribution in [0.2, 0.25) is 0 Å². The largest absolute Gasteiger partial charge is 0.478 e. The summed E-state index contributed by atoms with van der Waals surface area (Å²) in [7, 11) is 0. The van der Waals surface area contributed by atoms with Gasteiger partial charge in [0.2, 0.25) is 11.8 Å². The van der Waals surface area contributed by atoms with Crippen LogP contribution in [0.25, 0.3) is 10.9 Å². The quantitative estimate of drug-likeness (QED) is 0.408. The van der Waals surface area contributed by atoms with Gasteiger partial charge in [0.05, 0.1) is 17.5 Å². The van der Waals surface area contributed by atoms with Crippen molar-refractivity contribution in [1.29, 1.82) is 0 Å². The number of unbranched alkanes of at least 4 members (excludes halogenated alkanes) is 2. The molecule has 180 valence electrons. The van der Waals surface area contributed by atoms with Gasteiger partial charge in [-0.05, 0) is 31.5 Å². The highest BCUT2D eigenvalue weighted by Crippen LogP contribution is 2.26. The van der Waals surface area contributed by atoms with Crippen LogP contribution in [0.1, 0.15) is 39.5 Å². The third-order valence-corrected chi connectivity index (χ3v) is 5.11. The number of carbonyl (C=O) groups is 2. The normalized spacial score (nSPS) is 14.2. The lowest BCUT2D eigenvalue weighted by atomic mass is 10.2. The molecule has 0 radical (unpaired) electrons. The van der Waals surface area contributed by atoms with Crippen LogP contribution in [-0.2, 0) is 9.59 Å². The maximum atomic E-state index is 9.55. The third kappa shape index (κ3) is 9.05. The van der Waals surface area contributed by atoms with Crippen LogP contribution in [0.4, 0.5) is 5.95 Å². The van der Waals surface area contributed by atoms with Crippen molar-refractivity contribution in [3.8, 4) is 5.88 Å². The number of piperazine rings is 1. The van der Waals surface area contributed by atoms with Gasteiger partial charge in [-0.3, -0.25) is 4.90 Å². The summed E-state index contributed by atoms with van der Waals surface area (Å²) in [6.45, 7) is 10.5. The minimum Gasteiger partial charge on any atom is -0.478 e. The van der Waals surface area contributed by atoms with Crippen LogP contribution in [0, 0.1) is 0 Å². The highest BCUT2D eigenvalue weighted by Gasteiger charge is 2.20. The van der Waals surface area contributed by atoms with Gasteiger partial charge in [0.1, 0.15) is 0 Å². The summed E-state index contributed by atoms with van der Waals surface area (Å²) in [6.07, 6.45) is 5.78. The van der Waals surface area contributed by atoms with Gasteiger partial charge in [0.25, 0.3) is 0 Å². The lowest BCUT2D eigenvalue weighted by Gasteiger charge is -2.34. The van der Waals surface area contributed by atoms with E-state index < -0.39 is 11.9 Å². The van der Waals surface area contributed by atoms with E-state index in [4.69, 9.17) is 24.9 Å². The Balaban J connectivity index is 0.000000414. The molecular weight excluding hydrogens is 424 g/mol. The summed E-state index contributed by atoms with van der Waals surface area (Å²) < 4.78 is 6.02. The van der Waals surface area contributed by atoms with E-state index in [1.165, 1.54) is 25.8 Å². The molecule has 9 heteroatoms. The van der Waals surface area contributed by atoms with Gasteiger partial charge in [-0.1, -0.05) is 38.8 Å². The molecule has 1 saturated heterocycles. The zero-order chi connectivity index (χ0) is 24.1. The molecule has 0 spiro atoms. The van der Waals surface area contributed by atoms with E-state index in [1.54, 1.807) is 0 Å². The lowest BCUT2D eigenvalue weighted by molar-refractivity contribution is -0.134. The van der Waals surface area contributed by atoms with E-state index in [-0.39, 0.29) is 0 Å². The fraction of sp³-hybridized carbons (Fsp3) is 0.500. The smallest absolute Gasteiger partial charge is 0.328 e. The number of benzene rings is 1. The Morgan fingerprint density at radius 1 is 0.970 bits per heavy atom. The molecule has 1 aliphatic heterocycles. The molecule has 0 atom stereocenters. The summed E-state index contributed by atoms with van der Waals surface area (Å²) in [6, 6.07) is 8.15. The number of carboxylic acid groups (broad SMARTS) is 2. The van der Waals surface area contributed by atoms with E-state index in [9.17, 15) is 9.59 Å². The first-order chi connectivity index (χ1) is 15.9. The van der Waals surface area contributed by atoms with Crippen molar-refractivity contribution in [2.24, 2.45) is 0 Å². The fourth-order valence-corrected chi connectivity index (χ4v) is 3.44. The predicted molar refractivity (Wildman–Crippen MR) is 128 cm³/mol. The number of hydrogen-bond donors (Lipinski definition) is 2. The van der Waals surface area contributed by atoms with E-state index in [2.05, 4.69) is 23.6 Å². The van der Waals surface area contributed by atoms with Crippen molar-refractivity contribution < 1.29 is 24.5 Å². The predicted octanol–water partition coefficient (Wildman–Crippen LogP) is 3.44. The lowest BCUT2D eigenvalue weighted by Crippen LogP contribution is -2.47. The molecule has 1 aromatic carbocycles. The Morgan fingerprint density at radius 2 is 1.64 bits per heavy atom. The van der Waals surface area contributed by atoms with Gasteiger partial charge in [0, 0.05) is 38.3 Å². The number of aromatic nitrogens is 2.